The highest BCUT2D eigenvalue weighted by Crippen LogP contribution is 2.28. The Morgan fingerprint density at radius 3 is 2.68 bits per heavy atom. The normalized spacial score (nSPS) is 14.1. The molecule has 114 valence electrons. The summed E-state index contributed by atoms with van der Waals surface area (Å²) >= 11 is 0. The zero-order chi connectivity index (χ0) is 15.5. The minimum Gasteiger partial charge on any atom is -0.508 e. The Bertz CT molecular complexity index is 686. The summed E-state index contributed by atoms with van der Waals surface area (Å²) in [6.07, 6.45) is 2.69. The number of aryl methyl sites for hydroxylation is 1. The van der Waals surface area contributed by atoms with Gasteiger partial charge in [-0.3, -0.25) is 4.90 Å². The van der Waals surface area contributed by atoms with Crippen molar-refractivity contribution in [3.05, 3.63) is 53.8 Å². The van der Waals surface area contributed by atoms with Crippen molar-refractivity contribution in [3.8, 4) is 5.75 Å². The molecule has 1 aliphatic rings. The van der Waals surface area contributed by atoms with E-state index in [-0.39, 0.29) is 17.6 Å². The number of rotatable bonds is 1. The van der Waals surface area contributed by atoms with E-state index in [0.29, 0.717) is 17.9 Å². The van der Waals surface area contributed by atoms with Gasteiger partial charge in [0, 0.05) is 12.2 Å². The molecule has 22 heavy (non-hydrogen) atoms. The lowest BCUT2D eigenvalue weighted by Gasteiger charge is -2.23. The third-order valence-electron chi connectivity index (χ3n) is 3.78. The van der Waals surface area contributed by atoms with Gasteiger partial charge in [0.2, 0.25) is 0 Å². The van der Waals surface area contributed by atoms with Crippen LogP contribution in [0.4, 0.5) is 20.6 Å². The van der Waals surface area contributed by atoms with Gasteiger partial charge >= 0.3 is 6.03 Å². The summed E-state index contributed by atoms with van der Waals surface area (Å²) in [6, 6.07) is 10.6. The first kappa shape index (κ1) is 14.4. The van der Waals surface area contributed by atoms with Gasteiger partial charge in [0.15, 0.2) is 0 Å². The Hall–Kier alpha value is -2.56. The van der Waals surface area contributed by atoms with Gasteiger partial charge in [-0.2, -0.15) is 0 Å². The maximum absolute atomic E-state index is 13.5. The van der Waals surface area contributed by atoms with E-state index in [0.717, 1.165) is 24.8 Å². The molecule has 0 bridgehead atoms. The number of carbonyl (C=O) groups excluding carboxylic acids is 1. The number of amides is 2. The number of nitrogens with one attached hydrogen (secondary N) is 1. The Morgan fingerprint density at radius 1 is 1.14 bits per heavy atom. The fourth-order valence-electron chi connectivity index (χ4n) is 2.65. The molecule has 3 rings (SSSR count). The van der Waals surface area contributed by atoms with Crippen molar-refractivity contribution in [2.24, 2.45) is 0 Å². The molecule has 0 atom stereocenters. The molecular formula is C17H17FN2O2. The number of phenolic OH excluding ortho intramolecular Hbond substituents is 1. The van der Waals surface area contributed by atoms with Crippen LogP contribution in [0.1, 0.15) is 18.4 Å². The number of hydrogen-bond acceptors (Lipinski definition) is 2. The second-order valence-electron chi connectivity index (χ2n) is 5.36. The lowest BCUT2D eigenvalue weighted by atomic mass is 10.1. The second kappa shape index (κ2) is 6.05. The number of phenols is 1. The van der Waals surface area contributed by atoms with Gasteiger partial charge < -0.3 is 10.4 Å². The zero-order valence-corrected chi connectivity index (χ0v) is 12.1. The third-order valence-corrected chi connectivity index (χ3v) is 3.78. The van der Waals surface area contributed by atoms with Crippen LogP contribution in [0.2, 0.25) is 0 Å². The summed E-state index contributed by atoms with van der Waals surface area (Å²) < 4.78 is 13.5. The molecule has 0 saturated carbocycles. The monoisotopic (exact) mass is 300 g/mol. The number of hydrogen-bond donors (Lipinski definition) is 2. The van der Waals surface area contributed by atoms with Crippen molar-refractivity contribution in [2.45, 2.75) is 19.3 Å². The lowest BCUT2D eigenvalue weighted by Crippen LogP contribution is -2.35. The van der Waals surface area contributed by atoms with Gasteiger partial charge in [0.25, 0.3) is 0 Å². The number of urea groups is 1. The second-order valence-corrected chi connectivity index (χ2v) is 5.36. The van der Waals surface area contributed by atoms with Gasteiger partial charge in [-0.25, -0.2) is 9.18 Å². The van der Waals surface area contributed by atoms with Crippen LogP contribution in [-0.4, -0.2) is 17.7 Å². The van der Waals surface area contributed by atoms with Crippen molar-refractivity contribution in [1.29, 1.82) is 0 Å². The molecule has 0 spiro atoms. The molecule has 0 saturated heterocycles. The van der Waals surface area contributed by atoms with Gasteiger partial charge in [-0.1, -0.05) is 6.07 Å². The molecule has 1 heterocycles. The highest BCUT2D eigenvalue weighted by molar-refractivity contribution is 6.02. The third kappa shape index (κ3) is 3.03. The average Bonchev–Trinajstić information content (AvgIpc) is 2.71. The minimum absolute atomic E-state index is 0.139. The molecule has 0 unspecified atom stereocenters. The number of halogens is 1. The van der Waals surface area contributed by atoms with Crippen molar-refractivity contribution in [2.75, 3.05) is 16.8 Å². The predicted octanol–water partition coefficient (Wildman–Crippen LogP) is 3.91. The van der Waals surface area contributed by atoms with Crippen LogP contribution in [0.5, 0.6) is 5.75 Å². The van der Waals surface area contributed by atoms with Crippen LogP contribution in [-0.2, 0) is 6.42 Å². The maximum atomic E-state index is 13.5. The summed E-state index contributed by atoms with van der Waals surface area (Å²) in [4.78, 5) is 14.1. The molecule has 2 aromatic rings. The molecule has 0 fully saturated rings. The summed E-state index contributed by atoms with van der Waals surface area (Å²) in [5.41, 5.74) is 2.21. The average molecular weight is 300 g/mol. The highest BCUT2D eigenvalue weighted by atomic mass is 19.1. The van der Waals surface area contributed by atoms with Crippen LogP contribution >= 0.6 is 0 Å². The van der Waals surface area contributed by atoms with E-state index in [1.165, 1.54) is 24.3 Å². The van der Waals surface area contributed by atoms with E-state index in [1.54, 1.807) is 23.1 Å². The fourth-order valence-corrected chi connectivity index (χ4v) is 2.65. The SMILES string of the molecule is O=C(Nc1ccc(O)cc1)N1CCCCc2ccc(F)cc21. The van der Waals surface area contributed by atoms with Crippen LogP contribution in [0, 0.1) is 5.82 Å². The fraction of sp³-hybridized carbons (Fsp3) is 0.235. The van der Waals surface area contributed by atoms with Gasteiger partial charge in [-0.05, 0) is 61.2 Å². The molecule has 0 aromatic heterocycles. The smallest absolute Gasteiger partial charge is 0.326 e. The predicted molar refractivity (Wildman–Crippen MR) is 83.8 cm³/mol. The topological polar surface area (TPSA) is 52.6 Å². The molecule has 0 aliphatic carbocycles. The summed E-state index contributed by atoms with van der Waals surface area (Å²) in [7, 11) is 0. The van der Waals surface area contributed by atoms with E-state index in [2.05, 4.69) is 5.32 Å². The quantitative estimate of drug-likeness (QED) is 0.785. The summed E-state index contributed by atoms with van der Waals surface area (Å²) in [5.74, 6) is -0.205. The highest BCUT2D eigenvalue weighted by Gasteiger charge is 2.21. The van der Waals surface area contributed by atoms with E-state index >= 15 is 0 Å². The van der Waals surface area contributed by atoms with Crippen molar-refractivity contribution in [3.63, 3.8) is 0 Å². The van der Waals surface area contributed by atoms with Gasteiger partial charge in [0.05, 0.1) is 5.69 Å². The Morgan fingerprint density at radius 2 is 1.91 bits per heavy atom. The number of carbonyl (C=O) groups is 1. The summed E-state index contributed by atoms with van der Waals surface area (Å²) in [5, 5.41) is 12.1. The van der Waals surface area contributed by atoms with Crippen LogP contribution in [0.25, 0.3) is 0 Å². The molecule has 5 heteroatoms. The number of aromatic hydroxyl groups is 1. The molecule has 2 N–H and O–H groups in total. The first-order chi connectivity index (χ1) is 10.6. The number of anilines is 2. The van der Waals surface area contributed by atoms with Crippen LogP contribution in [0.3, 0.4) is 0 Å². The maximum Gasteiger partial charge on any atom is 0.326 e. The largest absolute Gasteiger partial charge is 0.508 e. The van der Waals surface area contributed by atoms with E-state index in [9.17, 15) is 14.3 Å². The van der Waals surface area contributed by atoms with Crippen molar-refractivity contribution < 1.29 is 14.3 Å². The van der Waals surface area contributed by atoms with Crippen molar-refractivity contribution >= 4 is 17.4 Å². The van der Waals surface area contributed by atoms with E-state index < -0.39 is 0 Å². The minimum atomic E-state index is -0.344. The van der Waals surface area contributed by atoms with Crippen LogP contribution in [0.15, 0.2) is 42.5 Å². The molecule has 2 aromatic carbocycles. The standard InChI is InChI=1S/C17H17FN2O2/c18-13-5-4-12-3-1-2-10-20(16(12)11-13)17(22)19-14-6-8-15(21)9-7-14/h4-9,11,21H,1-3,10H2,(H,19,22). The van der Waals surface area contributed by atoms with Gasteiger partial charge in [0.1, 0.15) is 11.6 Å². The molecular weight excluding hydrogens is 283 g/mol. The Kier molecular flexibility index (Phi) is 3.96. The Balaban J connectivity index is 1.85. The number of benzene rings is 2. The number of nitrogens with zero attached hydrogens (tertiary/aromatic N) is 1. The zero-order valence-electron chi connectivity index (χ0n) is 12.1. The van der Waals surface area contributed by atoms with Crippen molar-refractivity contribution in [1.82, 2.24) is 0 Å². The molecule has 4 nitrogen and oxygen atoms in total. The van der Waals surface area contributed by atoms with E-state index in [4.69, 9.17) is 0 Å². The van der Waals surface area contributed by atoms with Crippen LogP contribution < -0.4 is 10.2 Å². The first-order valence-electron chi connectivity index (χ1n) is 7.29. The number of fused-ring (bicyclic) bond motifs is 1. The first-order valence-corrected chi connectivity index (χ1v) is 7.29. The van der Waals surface area contributed by atoms with E-state index in [1.807, 2.05) is 0 Å². The molecule has 2 amide bonds. The van der Waals surface area contributed by atoms with Gasteiger partial charge in [-0.15, -0.1) is 0 Å². The summed E-state index contributed by atoms with van der Waals surface area (Å²) in [6.45, 7) is 0.556. The molecule has 1 aliphatic heterocycles. The Labute approximate surface area is 128 Å². The lowest BCUT2D eigenvalue weighted by molar-refractivity contribution is 0.257. The molecule has 0 radical (unpaired) electrons.